The molecule has 0 aromatic heterocycles. The van der Waals surface area contributed by atoms with Gasteiger partial charge in [-0.3, -0.25) is 14.4 Å². The highest BCUT2D eigenvalue weighted by Gasteiger charge is 1.95. The van der Waals surface area contributed by atoms with Gasteiger partial charge in [0.15, 0.2) is 0 Å². The first-order chi connectivity index (χ1) is 34.3. The molecule has 70 heavy (non-hydrogen) atoms. The summed E-state index contributed by atoms with van der Waals surface area (Å²) in [6, 6.07) is 0. The molecule has 0 spiro atoms. The van der Waals surface area contributed by atoms with Crippen molar-refractivity contribution in [1.82, 2.24) is 0 Å². The highest BCUT2D eigenvalue weighted by atomic mass is 16.4. The zero-order valence-electron chi connectivity index (χ0n) is 43.9. The summed E-state index contributed by atoms with van der Waals surface area (Å²) < 4.78 is 0. The van der Waals surface area contributed by atoms with Gasteiger partial charge in [0.05, 0.1) is 0 Å². The van der Waals surface area contributed by atoms with Gasteiger partial charge in [-0.05, 0) is 141 Å². The number of carboxylic acids is 3. The van der Waals surface area contributed by atoms with Gasteiger partial charge in [0.2, 0.25) is 0 Å². The topological polar surface area (TPSA) is 112 Å². The number of unbranched alkanes of at least 4 members (excludes halogenated alkanes) is 4. The van der Waals surface area contributed by atoms with Gasteiger partial charge in [-0.25, -0.2) is 0 Å². The van der Waals surface area contributed by atoms with E-state index in [1.54, 1.807) is 0 Å². The molecule has 0 fully saturated rings. The second-order valence-corrected chi connectivity index (χ2v) is 16.0. The molecule has 0 aliphatic heterocycles. The van der Waals surface area contributed by atoms with Crippen LogP contribution < -0.4 is 0 Å². The molecular formula is C64H96O6. The molecule has 0 saturated heterocycles. The number of rotatable bonds is 42. The SMILES string of the molecule is CC/C=C/C/C=C/C/C=C/C/C=C/C/C=C/C/C=C/CCC(=O)O.CC/C=C/C/C=C/C/C=C/C/C=C/C/C=C/CCCC(=O)O.CC/C=C/C/C=C/C/C=C/C/C=C/C/C=C/CCCCCC(=O)O. The van der Waals surface area contributed by atoms with Crippen LogP contribution in [0.4, 0.5) is 0 Å². The second kappa shape index (κ2) is 65.3. The minimum absolute atomic E-state index is 0.210. The summed E-state index contributed by atoms with van der Waals surface area (Å²) in [7, 11) is 0. The third-order valence-corrected chi connectivity index (χ3v) is 9.46. The molecule has 3 N–H and O–H groups in total. The van der Waals surface area contributed by atoms with Crippen molar-refractivity contribution in [2.45, 2.75) is 188 Å². The summed E-state index contributed by atoms with van der Waals surface area (Å²) in [6.45, 7) is 6.44. The lowest BCUT2D eigenvalue weighted by Crippen LogP contribution is -1.93. The zero-order chi connectivity index (χ0) is 51.7. The first-order valence-corrected chi connectivity index (χ1v) is 26.4. The molecule has 0 saturated carbocycles. The predicted molar refractivity (Wildman–Crippen MR) is 306 cm³/mol. The molecule has 6 heteroatoms. The van der Waals surface area contributed by atoms with Crippen molar-refractivity contribution in [3.8, 4) is 0 Å². The van der Waals surface area contributed by atoms with E-state index < -0.39 is 17.9 Å². The van der Waals surface area contributed by atoms with E-state index in [-0.39, 0.29) is 12.8 Å². The number of aliphatic carboxylic acids is 3. The van der Waals surface area contributed by atoms with Crippen LogP contribution in [0.3, 0.4) is 0 Å². The van der Waals surface area contributed by atoms with E-state index >= 15 is 0 Å². The Balaban J connectivity index is -0.000000963. The lowest BCUT2D eigenvalue weighted by Gasteiger charge is -1.94. The summed E-state index contributed by atoms with van der Waals surface area (Å²) in [5.41, 5.74) is 0. The highest BCUT2D eigenvalue weighted by Crippen LogP contribution is 2.05. The maximum absolute atomic E-state index is 10.3. The van der Waals surface area contributed by atoms with E-state index in [9.17, 15) is 14.4 Å². The molecule has 0 unspecified atom stereocenters. The average molecular weight is 961 g/mol. The standard InChI is InChI=1S/C22H34O2.C22H32O2.C20H30O2/c2*1-2-3-4-5-6-7-8-9-10-11-12-13-14-15-16-17-18-19-20-21-22(23)24;1-2-3-4-5-6-7-8-9-10-11-12-13-14-15-16-17-18-19-20(21)22/h3-4,6-7,9-10,12-13,15-16H,2,5,8,11,14,17-21H2,1H3,(H,23,24);3-4,6-7,9-10,12-13,15-16,18-19H,2,5,8,11,14,17,20-21H2,1H3,(H,23,24);3-4,6-7,9-10,12-13,15-16H,2,5,8,11,14,17-19H2,1H3,(H,21,22)/b4-3+,7-6+,10-9+,13-12+,16-15+;4-3+,7-6+,10-9+,13-12+,16-15+,19-18+;4-3+,7-6+,10-9+,13-12+,16-15+. The van der Waals surface area contributed by atoms with Crippen molar-refractivity contribution in [1.29, 1.82) is 0 Å². The average Bonchev–Trinajstić information content (AvgIpc) is 3.34. The monoisotopic (exact) mass is 961 g/mol. The molecule has 0 aromatic carbocycles. The molecule has 0 amide bonds. The minimum atomic E-state index is -0.741. The van der Waals surface area contributed by atoms with Gasteiger partial charge in [-0.2, -0.15) is 0 Å². The molecule has 0 bridgehead atoms. The first-order valence-electron chi connectivity index (χ1n) is 26.4. The van der Waals surface area contributed by atoms with Crippen LogP contribution in [0.15, 0.2) is 194 Å². The molecule has 0 aliphatic rings. The Bertz CT molecular complexity index is 1680. The fourth-order valence-corrected chi connectivity index (χ4v) is 5.67. The summed E-state index contributed by atoms with van der Waals surface area (Å²) in [5, 5.41) is 25.5. The van der Waals surface area contributed by atoms with Crippen LogP contribution in [0, 0.1) is 0 Å². The van der Waals surface area contributed by atoms with Gasteiger partial charge in [0.1, 0.15) is 0 Å². The highest BCUT2D eigenvalue weighted by molar-refractivity contribution is 5.67. The number of allylic oxidation sites excluding steroid dienone is 32. The van der Waals surface area contributed by atoms with Crippen LogP contribution >= 0.6 is 0 Å². The largest absolute Gasteiger partial charge is 0.481 e. The molecule has 0 aromatic rings. The van der Waals surface area contributed by atoms with E-state index in [1.807, 2.05) is 12.2 Å². The number of hydrogen-bond acceptors (Lipinski definition) is 3. The fraction of sp³-hybridized carbons (Fsp3) is 0.453. The Morgan fingerprint density at radius 3 is 0.671 bits per heavy atom. The minimum Gasteiger partial charge on any atom is -0.481 e. The van der Waals surface area contributed by atoms with E-state index in [0.29, 0.717) is 12.8 Å². The van der Waals surface area contributed by atoms with E-state index in [1.165, 1.54) is 0 Å². The number of carbonyl (C=O) groups is 3. The third kappa shape index (κ3) is 76.5. The molecule has 0 aliphatic carbocycles. The Hall–Kier alpha value is -5.75. The predicted octanol–water partition coefficient (Wildman–Crippen LogP) is 19.3. The summed E-state index contributed by atoms with van der Waals surface area (Å²) in [5.74, 6) is -2.15. The third-order valence-electron chi connectivity index (χ3n) is 9.46. The normalized spacial score (nSPS) is 12.8. The molecular weight excluding hydrogens is 865 g/mol. The van der Waals surface area contributed by atoms with Crippen LogP contribution in [0.25, 0.3) is 0 Å². The lowest BCUT2D eigenvalue weighted by atomic mass is 10.1. The van der Waals surface area contributed by atoms with E-state index in [2.05, 4.69) is 203 Å². The maximum atomic E-state index is 10.3. The van der Waals surface area contributed by atoms with E-state index in [4.69, 9.17) is 15.3 Å². The fourth-order valence-electron chi connectivity index (χ4n) is 5.67. The summed E-state index contributed by atoms with van der Waals surface area (Å²) >= 11 is 0. The van der Waals surface area contributed by atoms with Gasteiger partial charge in [0.25, 0.3) is 0 Å². The lowest BCUT2D eigenvalue weighted by molar-refractivity contribution is -0.138. The van der Waals surface area contributed by atoms with Gasteiger partial charge in [-0.15, -0.1) is 0 Å². The van der Waals surface area contributed by atoms with Gasteiger partial charge in [0, 0.05) is 19.3 Å². The molecule has 6 nitrogen and oxygen atoms in total. The molecule has 0 heterocycles. The van der Waals surface area contributed by atoms with Crippen molar-refractivity contribution < 1.29 is 29.7 Å². The summed E-state index contributed by atoms with van der Waals surface area (Å²) in [6.07, 6.45) is 92.2. The maximum Gasteiger partial charge on any atom is 0.303 e. The smallest absolute Gasteiger partial charge is 0.303 e. The van der Waals surface area contributed by atoms with Gasteiger partial charge < -0.3 is 15.3 Å². The van der Waals surface area contributed by atoms with Crippen LogP contribution in [0.5, 0.6) is 0 Å². The van der Waals surface area contributed by atoms with E-state index in [0.717, 1.165) is 141 Å². The van der Waals surface area contributed by atoms with Crippen molar-refractivity contribution >= 4 is 17.9 Å². The number of hydrogen-bond donors (Lipinski definition) is 3. The Kier molecular flexibility index (Phi) is 63.9. The Morgan fingerprint density at radius 1 is 0.229 bits per heavy atom. The zero-order valence-corrected chi connectivity index (χ0v) is 43.9. The van der Waals surface area contributed by atoms with Crippen LogP contribution in [0.2, 0.25) is 0 Å². The van der Waals surface area contributed by atoms with Crippen LogP contribution in [0.1, 0.15) is 188 Å². The van der Waals surface area contributed by atoms with Crippen LogP contribution in [-0.2, 0) is 14.4 Å². The Morgan fingerprint density at radius 2 is 0.429 bits per heavy atom. The molecule has 0 radical (unpaired) electrons. The van der Waals surface area contributed by atoms with Crippen molar-refractivity contribution in [3.63, 3.8) is 0 Å². The first kappa shape index (κ1) is 68.5. The van der Waals surface area contributed by atoms with Gasteiger partial charge in [-0.1, -0.05) is 222 Å². The van der Waals surface area contributed by atoms with Gasteiger partial charge >= 0.3 is 17.9 Å². The van der Waals surface area contributed by atoms with Crippen molar-refractivity contribution in [3.05, 3.63) is 194 Å². The quantitative estimate of drug-likeness (QED) is 0.0415. The van der Waals surface area contributed by atoms with Crippen molar-refractivity contribution in [2.75, 3.05) is 0 Å². The molecule has 0 atom stereocenters. The number of carboxylic acid groups (broad SMARTS) is 3. The molecule has 388 valence electrons. The molecule has 0 rings (SSSR count). The summed E-state index contributed by atoms with van der Waals surface area (Å²) in [4.78, 5) is 31.0. The second-order valence-electron chi connectivity index (χ2n) is 16.0. The Labute approximate surface area is 428 Å². The van der Waals surface area contributed by atoms with Crippen LogP contribution in [-0.4, -0.2) is 33.2 Å². The van der Waals surface area contributed by atoms with Crippen molar-refractivity contribution in [2.24, 2.45) is 0 Å².